The number of halogens is 1. The first-order valence-electron chi connectivity index (χ1n) is 11.5. The molecule has 0 aromatic heterocycles. The third-order valence-electron chi connectivity index (χ3n) is 6.66. The lowest BCUT2D eigenvalue weighted by atomic mass is 9.69. The van der Waals surface area contributed by atoms with Crippen LogP contribution in [-0.2, 0) is 6.42 Å². The Morgan fingerprint density at radius 2 is 1.73 bits per heavy atom. The fourth-order valence-electron chi connectivity index (χ4n) is 5.01. The molecule has 1 heterocycles. The van der Waals surface area contributed by atoms with Crippen molar-refractivity contribution in [3.05, 3.63) is 119 Å². The van der Waals surface area contributed by atoms with Crippen molar-refractivity contribution in [1.29, 1.82) is 0 Å². The van der Waals surface area contributed by atoms with Crippen molar-refractivity contribution in [1.82, 2.24) is 4.90 Å². The minimum Gasteiger partial charge on any atom is -0.508 e. The van der Waals surface area contributed by atoms with Gasteiger partial charge in [0.05, 0.1) is 6.54 Å². The van der Waals surface area contributed by atoms with Crippen LogP contribution in [0.2, 0.25) is 0 Å². The number of nitrogens with zero attached hydrogens (tertiary/aromatic N) is 1. The van der Waals surface area contributed by atoms with Gasteiger partial charge in [0, 0.05) is 12.5 Å². The predicted octanol–water partition coefficient (Wildman–Crippen LogP) is 6.16. The fourth-order valence-corrected chi connectivity index (χ4v) is 5.01. The van der Waals surface area contributed by atoms with E-state index in [1.165, 1.54) is 16.7 Å². The molecule has 0 fully saturated rings. The Hall–Kier alpha value is -3.53. The van der Waals surface area contributed by atoms with Crippen LogP contribution in [0.15, 0.2) is 91.2 Å². The molecular formula is C29H28FNO2. The molecule has 0 amide bonds. The van der Waals surface area contributed by atoms with E-state index in [0.29, 0.717) is 12.4 Å². The van der Waals surface area contributed by atoms with Crippen LogP contribution in [0.25, 0.3) is 0 Å². The summed E-state index contributed by atoms with van der Waals surface area (Å²) in [6, 6.07) is 20.9. The molecule has 0 saturated carbocycles. The van der Waals surface area contributed by atoms with Gasteiger partial charge in [0.2, 0.25) is 0 Å². The van der Waals surface area contributed by atoms with Crippen molar-refractivity contribution in [2.75, 3.05) is 19.7 Å². The van der Waals surface area contributed by atoms with E-state index in [2.05, 4.69) is 35.4 Å². The molecule has 3 aromatic rings. The summed E-state index contributed by atoms with van der Waals surface area (Å²) in [4.78, 5) is 2.22. The quantitative estimate of drug-likeness (QED) is 0.497. The van der Waals surface area contributed by atoms with Crippen LogP contribution in [-0.4, -0.2) is 29.7 Å². The maximum atomic E-state index is 13.6. The summed E-state index contributed by atoms with van der Waals surface area (Å²) in [5.74, 6) is 1.33. The second-order valence-electron chi connectivity index (χ2n) is 8.74. The highest BCUT2D eigenvalue weighted by Gasteiger charge is 2.32. The van der Waals surface area contributed by atoms with E-state index < -0.39 is 0 Å². The minimum absolute atomic E-state index is 0.138. The van der Waals surface area contributed by atoms with Gasteiger partial charge in [-0.1, -0.05) is 42.5 Å². The average Bonchev–Trinajstić information content (AvgIpc) is 2.85. The molecule has 33 heavy (non-hydrogen) atoms. The predicted molar refractivity (Wildman–Crippen MR) is 129 cm³/mol. The third kappa shape index (κ3) is 4.80. The van der Waals surface area contributed by atoms with E-state index in [0.717, 1.165) is 37.2 Å². The van der Waals surface area contributed by atoms with E-state index in [1.54, 1.807) is 18.2 Å². The molecule has 3 aromatic carbocycles. The molecule has 168 valence electrons. The number of aryl methyl sites for hydroxylation is 1. The van der Waals surface area contributed by atoms with Gasteiger partial charge < -0.3 is 14.7 Å². The van der Waals surface area contributed by atoms with Crippen molar-refractivity contribution in [2.24, 2.45) is 0 Å². The Bertz CT molecular complexity index is 1150. The Kier molecular flexibility index (Phi) is 6.16. The van der Waals surface area contributed by atoms with E-state index in [4.69, 9.17) is 4.74 Å². The van der Waals surface area contributed by atoms with E-state index in [1.807, 2.05) is 42.5 Å². The molecule has 4 heteroatoms. The summed E-state index contributed by atoms with van der Waals surface area (Å²) in [6.45, 7) is 2.39. The number of fused-ring (bicyclic) bond motifs is 1. The summed E-state index contributed by atoms with van der Waals surface area (Å²) < 4.78 is 19.6. The number of hydrogen-bond donors (Lipinski definition) is 1. The number of phenols is 1. The van der Waals surface area contributed by atoms with Gasteiger partial charge in [-0.3, -0.25) is 0 Å². The van der Waals surface area contributed by atoms with Crippen LogP contribution in [0.4, 0.5) is 4.39 Å². The second-order valence-corrected chi connectivity index (χ2v) is 8.74. The molecule has 0 saturated heterocycles. The molecule has 1 N–H and O–H groups in total. The highest BCUT2D eigenvalue weighted by Crippen LogP contribution is 2.47. The van der Waals surface area contributed by atoms with Crippen molar-refractivity contribution in [3.63, 3.8) is 0 Å². The van der Waals surface area contributed by atoms with E-state index in [9.17, 15) is 9.50 Å². The Balaban J connectivity index is 1.37. The lowest BCUT2D eigenvalue weighted by Gasteiger charge is -2.35. The second kappa shape index (κ2) is 9.53. The first kappa shape index (κ1) is 21.3. The summed E-state index contributed by atoms with van der Waals surface area (Å²) in [7, 11) is 0. The highest BCUT2D eigenvalue weighted by molar-refractivity contribution is 5.48. The van der Waals surface area contributed by atoms with Crippen molar-refractivity contribution in [3.8, 4) is 11.5 Å². The number of rotatable bonds is 6. The topological polar surface area (TPSA) is 32.7 Å². The van der Waals surface area contributed by atoms with Crippen molar-refractivity contribution >= 4 is 0 Å². The average molecular weight is 442 g/mol. The molecule has 3 nitrogen and oxygen atoms in total. The largest absolute Gasteiger partial charge is 0.508 e. The zero-order valence-corrected chi connectivity index (χ0v) is 18.5. The van der Waals surface area contributed by atoms with Gasteiger partial charge in [-0.25, -0.2) is 4.39 Å². The summed E-state index contributed by atoms with van der Waals surface area (Å²) in [5, 5.41) is 10.0. The van der Waals surface area contributed by atoms with Gasteiger partial charge in [-0.05, 0) is 89.7 Å². The Morgan fingerprint density at radius 3 is 2.48 bits per heavy atom. The van der Waals surface area contributed by atoms with Crippen LogP contribution in [0.1, 0.15) is 40.5 Å². The first-order chi connectivity index (χ1) is 16.2. The molecule has 2 aliphatic rings. The monoisotopic (exact) mass is 441 g/mol. The van der Waals surface area contributed by atoms with Crippen LogP contribution >= 0.6 is 0 Å². The van der Waals surface area contributed by atoms with Crippen LogP contribution < -0.4 is 4.74 Å². The van der Waals surface area contributed by atoms with E-state index in [-0.39, 0.29) is 17.7 Å². The van der Waals surface area contributed by atoms with Crippen molar-refractivity contribution in [2.45, 2.75) is 24.7 Å². The Morgan fingerprint density at radius 1 is 0.939 bits per heavy atom. The van der Waals surface area contributed by atoms with Crippen LogP contribution in [0, 0.1) is 5.82 Å². The maximum absolute atomic E-state index is 13.6. The third-order valence-corrected chi connectivity index (χ3v) is 6.66. The fraction of sp³-hybridized carbons (Fsp3) is 0.241. The molecule has 0 spiro atoms. The molecule has 0 radical (unpaired) electrons. The smallest absolute Gasteiger partial charge is 0.123 e. The normalized spacial score (nSPS) is 19.4. The van der Waals surface area contributed by atoms with Gasteiger partial charge in [0.1, 0.15) is 23.9 Å². The zero-order valence-electron chi connectivity index (χ0n) is 18.5. The molecular weight excluding hydrogens is 413 g/mol. The van der Waals surface area contributed by atoms with Gasteiger partial charge in [0.25, 0.3) is 0 Å². The van der Waals surface area contributed by atoms with Gasteiger partial charge in [-0.2, -0.15) is 0 Å². The number of ether oxygens (including phenoxy) is 1. The van der Waals surface area contributed by atoms with Gasteiger partial charge in [0.15, 0.2) is 0 Å². The van der Waals surface area contributed by atoms with Gasteiger partial charge in [-0.15, -0.1) is 0 Å². The summed E-state index contributed by atoms with van der Waals surface area (Å²) >= 11 is 0. The Labute approximate surface area is 194 Å². The van der Waals surface area contributed by atoms with E-state index >= 15 is 0 Å². The molecule has 0 unspecified atom stereocenters. The lowest BCUT2D eigenvalue weighted by molar-refractivity contribution is 0.263. The molecule has 1 aliphatic carbocycles. The summed E-state index contributed by atoms with van der Waals surface area (Å²) in [5.41, 5.74) is 4.76. The van der Waals surface area contributed by atoms with Gasteiger partial charge >= 0.3 is 0 Å². The number of phenolic OH excluding ortho intramolecular Hbond substituents is 1. The number of hydrogen-bond acceptors (Lipinski definition) is 3. The molecule has 5 rings (SSSR count). The first-order valence-corrected chi connectivity index (χ1v) is 11.5. The number of allylic oxidation sites excluding steroid dienone is 2. The lowest BCUT2D eigenvalue weighted by Crippen LogP contribution is -2.24. The molecule has 1 aliphatic heterocycles. The number of benzene rings is 3. The molecule has 0 bridgehead atoms. The minimum atomic E-state index is -0.214. The maximum Gasteiger partial charge on any atom is 0.123 e. The summed E-state index contributed by atoms with van der Waals surface area (Å²) in [6.07, 6.45) is 10.2. The standard InChI is InChI=1S/C29H28FNO2/c30-24-9-4-21(5-10-24)27-14-8-23-20-25(32)11-15-28(23)29(27)22-6-12-26(13-7-22)33-19-18-31-16-2-1-3-17-31/h1-7,9-13,15-16,20,27,29,32H,8,14,17-19H2/t27-,29+/m1/s1. The number of aromatic hydroxyl groups is 1. The van der Waals surface area contributed by atoms with Crippen LogP contribution in [0.5, 0.6) is 11.5 Å². The van der Waals surface area contributed by atoms with Crippen molar-refractivity contribution < 1.29 is 14.2 Å². The highest BCUT2D eigenvalue weighted by atomic mass is 19.1. The SMILES string of the molecule is Oc1ccc2c(c1)CC[C@H](c1ccc(F)cc1)[C@@H]2c1ccc(OCCN2C=CC=CC2)cc1. The molecule has 2 atom stereocenters. The zero-order chi connectivity index (χ0) is 22.6. The van der Waals surface area contributed by atoms with Crippen LogP contribution in [0.3, 0.4) is 0 Å².